The predicted molar refractivity (Wildman–Crippen MR) is 175 cm³/mol. The van der Waals surface area contributed by atoms with Crippen molar-refractivity contribution in [1.29, 1.82) is 0 Å². The average Bonchev–Trinajstić information content (AvgIpc) is 2.84. The van der Waals surface area contributed by atoms with Crippen LogP contribution in [0.4, 0.5) is 0 Å². The monoisotopic (exact) mass is 600 g/mol. The first-order valence-electron chi connectivity index (χ1n) is 15.6. The van der Waals surface area contributed by atoms with E-state index in [0.717, 1.165) is 29.9 Å². The molecule has 0 aromatic rings. The van der Waals surface area contributed by atoms with E-state index >= 15 is 0 Å². The van der Waals surface area contributed by atoms with Crippen molar-refractivity contribution in [2.24, 2.45) is 17.8 Å². The average molecular weight is 601 g/mol. The summed E-state index contributed by atoms with van der Waals surface area (Å²) >= 11 is 1.54. The van der Waals surface area contributed by atoms with Crippen molar-refractivity contribution < 1.29 is 24.2 Å². The van der Waals surface area contributed by atoms with Crippen molar-refractivity contribution in [2.45, 2.75) is 145 Å². The quantitative estimate of drug-likeness (QED) is 0.0670. The Morgan fingerprint density at radius 3 is 1.90 bits per heavy atom. The standard InChI is InChI=1S/C24H45NO3S.C9H19NO2/c1-19(2)9-6-10-20(3)11-7-12-21(4)13-8-14-22(5)15-16-29-17-23(24(27)28)25-18-26;1-7(10-8(2)11)6-12-9(3,4)5/h15,18-21,23H,6-14,16-17H2,1-5H3,(H,25,26)(H,27,28);7H,6H2,1-5H3,(H,10,11)/b22-15+;. The number of hydrogen-bond acceptors (Lipinski definition) is 5. The van der Waals surface area contributed by atoms with Crippen LogP contribution in [0, 0.1) is 17.8 Å². The molecule has 0 saturated heterocycles. The summed E-state index contributed by atoms with van der Waals surface area (Å²) in [5.41, 5.74) is 1.24. The highest BCUT2D eigenvalue weighted by Gasteiger charge is 2.15. The molecule has 2 amide bonds. The molecule has 0 saturated carbocycles. The van der Waals surface area contributed by atoms with Crippen molar-refractivity contribution in [1.82, 2.24) is 10.6 Å². The van der Waals surface area contributed by atoms with Gasteiger partial charge in [0.1, 0.15) is 6.04 Å². The van der Waals surface area contributed by atoms with Crippen LogP contribution in [0.5, 0.6) is 0 Å². The summed E-state index contributed by atoms with van der Waals surface area (Å²) in [6.07, 6.45) is 14.5. The van der Waals surface area contributed by atoms with E-state index in [1.165, 1.54) is 75.6 Å². The van der Waals surface area contributed by atoms with Gasteiger partial charge in [0.25, 0.3) is 0 Å². The van der Waals surface area contributed by atoms with Crippen LogP contribution < -0.4 is 10.6 Å². The molecule has 8 heteroatoms. The predicted octanol–water partition coefficient (Wildman–Crippen LogP) is 7.63. The number of carbonyl (C=O) groups is 3. The Hall–Kier alpha value is -1.54. The fourth-order valence-electron chi connectivity index (χ4n) is 4.23. The first-order chi connectivity index (χ1) is 19.1. The lowest BCUT2D eigenvalue weighted by Gasteiger charge is -2.22. The summed E-state index contributed by atoms with van der Waals surface area (Å²) in [7, 11) is 0. The molecule has 242 valence electrons. The van der Waals surface area contributed by atoms with Crippen molar-refractivity contribution in [3.8, 4) is 0 Å². The smallest absolute Gasteiger partial charge is 0.327 e. The molecule has 0 radical (unpaired) electrons. The Morgan fingerprint density at radius 2 is 1.44 bits per heavy atom. The Bertz CT molecular complexity index is 721. The van der Waals surface area contributed by atoms with Crippen LogP contribution in [0.1, 0.15) is 127 Å². The number of carboxylic acid groups (broad SMARTS) is 1. The van der Waals surface area contributed by atoms with E-state index in [-0.39, 0.29) is 17.6 Å². The van der Waals surface area contributed by atoms with Crippen LogP contribution >= 0.6 is 11.8 Å². The molecule has 0 aromatic carbocycles. The normalized spacial score (nSPS) is 14.9. The SMILES string of the molecule is C/C(=C\CSCC(NC=O)C(=O)O)CCCC(C)CCCC(C)CCCC(C)C.CC(=O)NC(C)COC(C)(C)C. The Balaban J connectivity index is 0. The van der Waals surface area contributed by atoms with Crippen LogP contribution in [-0.4, -0.2) is 59.2 Å². The van der Waals surface area contributed by atoms with E-state index < -0.39 is 12.0 Å². The zero-order chi connectivity index (χ0) is 31.8. The third-order valence-corrected chi connectivity index (χ3v) is 7.73. The summed E-state index contributed by atoms with van der Waals surface area (Å²) in [4.78, 5) is 32.0. The molecule has 3 N–H and O–H groups in total. The maximum Gasteiger partial charge on any atom is 0.327 e. The van der Waals surface area contributed by atoms with E-state index in [9.17, 15) is 14.4 Å². The number of nitrogens with one attached hydrogen (secondary N) is 2. The molecular weight excluding hydrogens is 536 g/mol. The van der Waals surface area contributed by atoms with Gasteiger partial charge in [-0.1, -0.05) is 84.3 Å². The van der Waals surface area contributed by atoms with Crippen LogP contribution in [0.15, 0.2) is 11.6 Å². The van der Waals surface area contributed by atoms with Crippen LogP contribution in [0.2, 0.25) is 0 Å². The lowest BCUT2D eigenvalue weighted by atomic mass is 9.91. The zero-order valence-electron chi connectivity index (χ0n) is 28.0. The number of rotatable bonds is 22. The second-order valence-electron chi connectivity index (χ2n) is 13.1. The summed E-state index contributed by atoms with van der Waals surface area (Å²) in [6.45, 7) is 21.5. The highest BCUT2D eigenvalue weighted by molar-refractivity contribution is 7.99. The number of carboxylic acids is 1. The number of aliphatic carboxylic acids is 1. The minimum atomic E-state index is -0.982. The van der Waals surface area contributed by atoms with Gasteiger partial charge in [0, 0.05) is 24.5 Å². The van der Waals surface area contributed by atoms with Crippen LogP contribution in [0.3, 0.4) is 0 Å². The molecule has 0 aromatic heterocycles. The zero-order valence-corrected chi connectivity index (χ0v) is 28.8. The second-order valence-corrected chi connectivity index (χ2v) is 14.2. The minimum absolute atomic E-state index is 0.0139. The third kappa shape index (κ3) is 31.2. The maximum atomic E-state index is 11.0. The van der Waals surface area contributed by atoms with Gasteiger partial charge in [-0.05, 0) is 65.2 Å². The molecule has 0 fully saturated rings. The number of amides is 2. The molecule has 0 bridgehead atoms. The summed E-state index contributed by atoms with van der Waals surface area (Å²) < 4.78 is 5.48. The van der Waals surface area contributed by atoms with E-state index in [0.29, 0.717) is 18.8 Å². The largest absolute Gasteiger partial charge is 0.480 e. The van der Waals surface area contributed by atoms with Crippen molar-refractivity contribution in [3.63, 3.8) is 0 Å². The molecule has 0 rings (SSSR count). The van der Waals surface area contributed by atoms with Gasteiger partial charge in [0.2, 0.25) is 12.3 Å². The second kappa shape index (κ2) is 25.0. The molecule has 41 heavy (non-hydrogen) atoms. The molecule has 4 atom stereocenters. The first kappa shape index (κ1) is 41.6. The summed E-state index contributed by atoms with van der Waals surface area (Å²) in [5, 5.41) is 14.1. The van der Waals surface area contributed by atoms with Gasteiger partial charge in [0.15, 0.2) is 0 Å². The van der Waals surface area contributed by atoms with Crippen molar-refractivity contribution in [3.05, 3.63) is 11.6 Å². The van der Waals surface area contributed by atoms with Gasteiger partial charge in [-0.15, -0.1) is 0 Å². The summed E-state index contributed by atoms with van der Waals surface area (Å²) in [6, 6.07) is -0.716. The maximum absolute atomic E-state index is 11.0. The number of allylic oxidation sites excluding steroid dienone is 1. The molecule has 0 aliphatic heterocycles. The Kier molecular flexibility index (Phi) is 25.4. The summed E-state index contributed by atoms with van der Waals surface area (Å²) in [5.74, 6) is 2.69. The first-order valence-corrected chi connectivity index (χ1v) is 16.8. The molecule has 4 unspecified atom stereocenters. The fourth-order valence-corrected chi connectivity index (χ4v) is 5.25. The van der Waals surface area contributed by atoms with Gasteiger partial charge < -0.3 is 20.5 Å². The van der Waals surface area contributed by atoms with E-state index in [1.54, 1.807) is 0 Å². The number of carbonyl (C=O) groups excluding carboxylic acids is 2. The molecular formula is C33H64N2O5S. The lowest BCUT2D eigenvalue weighted by molar-refractivity contribution is -0.139. The van der Waals surface area contributed by atoms with Crippen LogP contribution in [-0.2, 0) is 19.1 Å². The van der Waals surface area contributed by atoms with Crippen molar-refractivity contribution in [2.75, 3.05) is 18.1 Å². The molecule has 0 heterocycles. The highest BCUT2D eigenvalue weighted by atomic mass is 32.2. The van der Waals surface area contributed by atoms with E-state index in [2.05, 4.69) is 51.3 Å². The number of ether oxygens (including phenoxy) is 1. The van der Waals surface area contributed by atoms with Crippen molar-refractivity contribution >= 4 is 30.0 Å². The van der Waals surface area contributed by atoms with Gasteiger partial charge >= 0.3 is 5.97 Å². The minimum Gasteiger partial charge on any atom is -0.480 e. The molecule has 7 nitrogen and oxygen atoms in total. The van der Waals surface area contributed by atoms with Gasteiger partial charge in [-0.3, -0.25) is 9.59 Å². The van der Waals surface area contributed by atoms with Gasteiger partial charge in [0.05, 0.1) is 12.2 Å². The third-order valence-electron chi connectivity index (χ3n) is 6.76. The Morgan fingerprint density at radius 1 is 0.902 bits per heavy atom. The lowest BCUT2D eigenvalue weighted by Crippen LogP contribution is -2.37. The Labute approximate surface area is 256 Å². The van der Waals surface area contributed by atoms with Crippen LogP contribution in [0.25, 0.3) is 0 Å². The fraction of sp³-hybridized carbons (Fsp3) is 0.848. The molecule has 0 aliphatic carbocycles. The topological polar surface area (TPSA) is 105 Å². The van der Waals surface area contributed by atoms with E-state index in [4.69, 9.17) is 9.84 Å². The van der Waals surface area contributed by atoms with Gasteiger partial charge in [-0.25, -0.2) is 4.79 Å². The van der Waals surface area contributed by atoms with Gasteiger partial charge in [-0.2, -0.15) is 11.8 Å². The van der Waals surface area contributed by atoms with E-state index in [1.807, 2.05) is 27.7 Å². The molecule has 0 spiro atoms. The highest BCUT2D eigenvalue weighted by Crippen LogP contribution is 2.22. The molecule has 0 aliphatic rings. The number of thioether (sulfide) groups is 1. The number of hydrogen-bond donors (Lipinski definition) is 3.